The van der Waals surface area contributed by atoms with Gasteiger partial charge in [-0.15, -0.1) is 0 Å². The molecular formula is C22H32STe. The third-order valence-electron chi connectivity index (χ3n) is 4.38. The Morgan fingerprint density at radius 1 is 0.708 bits per heavy atom. The van der Waals surface area contributed by atoms with Crippen LogP contribution in [-0.4, -0.2) is 26.2 Å². The van der Waals surface area contributed by atoms with Crippen LogP contribution in [0.1, 0.15) is 71.1 Å². The average molecular weight is 456 g/mol. The molecule has 0 atom stereocenters. The van der Waals surface area contributed by atoms with E-state index in [0.717, 1.165) is 0 Å². The van der Waals surface area contributed by atoms with Gasteiger partial charge >= 0.3 is 150 Å². The Morgan fingerprint density at radius 3 is 2.00 bits per heavy atom. The maximum absolute atomic E-state index is 2.38. The fourth-order valence-corrected chi connectivity index (χ4v) is 7.63. The molecule has 2 heteroatoms. The molecule has 0 N–H and O–H groups in total. The number of unbranched alkanes of at least 4 members (excludes halogenated alkanes) is 9. The van der Waals surface area contributed by atoms with Crippen LogP contribution in [0.4, 0.5) is 0 Å². The standard InChI is InChI=1S/C22H32STe/c1-2-3-4-5-6-7-8-9-10-14-19-23-22-18-17-21(24-22)20-15-12-11-13-16-20/h11-13,15-18H,2-10,14,19H2,1H3. The molecule has 0 aliphatic carbocycles. The molecule has 0 aliphatic heterocycles. The molecule has 1 aromatic carbocycles. The van der Waals surface area contributed by atoms with Gasteiger partial charge in [0.1, 0.15) is 0 Å². The minimum atomic E-state index is -0.115. The van der Waals surface area contributed by atoms with E-state index in [2.05, 4.69) is 61.2 Å². The van der Waals surface area contributed by atoms with Crippen molar-refractivity contribution in [1.82, 2.24) is 0 Å². The molecule has 0 fully saturated rings. The van der Waals surface area contributed by atoms with Crippen molar-refractivity contribution < 1.29 is 0 Å². The summed E-state index contributed by atoms with van der Waals surface area (Å²) >= 11 is 2.01. The molecule has 0 unspecified atom stereocenters. The maximum atomic E-state index is 2.38. The Labute approximate surface area is 163 Å². The summed E-state index contributed by atoms with van der Waals surface area (Å²) in [5.74, 6) is 1.32. The molecule has 1 aromatic heterocycles. The van der Waals surface area contributed by atoms with Crippen molar-refractivity contribution in [3.8, 4) is 9.14 Å². The van der Waals surface area contributed by atoms with Crippen LogP contribution >= 0.6 is 11.8 Å². The van der Waals surface area contributed by atoms with Crippen LogP contribution < -0.4 is 0 Å². The van der Waals surface area contributed by atoms with Gasteiger partial charge in [-0.2, -0.15) is 0 Å². The summed E-state index contributed by atoms with van der Waals surface area (Å²) < 4.78 is 3.28. The Balaban J connectivity index is 1.49. The van der Waals surface area contributed by atoms with Crippen LogP contribution in [0.3, 0.4) is 0 Å². The zero-order valence-electron chi connectivity index (χ0n) is 15.1. The van der Waals surface area contributed by atoms with Crippen LogP contribution in [0.15, 0.2) is 45.4 Å². The third-order valence-corrected chi connectivity index (χ3v) is 9.51. The summed E-state index contributed by atoms with van der Waals surface area (Å²) in [7, 11) is 0. The summed E-state index contributed by atoms with van der Waals surface area (Å²) in [5.41, 5.74) is 1.44. The number of rotatable bonds is 13. The van der Waals surface area contributed by atoms with E-state index < -0.39 is 0 Å². The summed E-state index contributed by atoms with van der Waals surface area (Å²) in [4.78, 5) is 0. The molecule has 0 nitrogen and oxygen atoms in total. The van der Waals surface area contributed by atoms with Crippen molar-refractivity contribution in [2.45, 2.75) is 74.0 Å². The number of hydrogen-bond acceptors (Lipinski definition) is 1. The Bertz CT molecular complexity index is 532. The van der Waals surface area contributed by atoms with Gasteiger partial charge < -0.3 is 0 Å². The van der Waals surface area contributed by atoms with Gasteiger partial charge in [-0.1, -0.05) is 13.3 Å². The number of benzene rings is 1. The number of hydrogen-bond donors (Lipinski definition) is 0. The van der Waals surface area contributed by atoms with Gasteiger partial charge in [-0.3, -0.25) is 0 Å². The molecule has 0 bridgehead atoms. The molecule has 0 amide bonds. The molecular weight excluding hydrogens is 424 g/mol. The first-order chi connectivity index (χ1) is 11.9. The zero-order valence-corrected chi connectivity index (χ0v) is 18.3. The van der Waals surface area contributed by atoms with E-state index in [9.17, 15) is 0 Å². The molecule has 0 aliphatic rings. The molecule has 0 radical (unpaired) electrons. The number of thioether (sulfide) groups is 1. The Kier molecular flexibility index (Phi) is 11.0. The summed E-state index contributed by atoms with van der Waals surface area (Å²) in [6, 6.07) is 15.6. The molecule has 0 saturated heterocycles. The predicted molar refractivity (Wildman–Crippen MR) is 111 cm³/mol. The molecule has 2 aromatic rings. The summed E-state index contributed by atoms with van der Waals surface area (Å²) in [6.07, 6.45) is 14.3. The van der Waals surface area contributed by atoms with E-state index in [-0.39, 0.29) is 20.4 Å². The zero-order chi connectivity index (χ0) is 16.9. The van der Waals surface area contributed by atoms with Crippen molar-refractivity contribution in [1.29, 1.82) is 0 Å². The van der Waals surface area contributed by atoms with Crippen LogP contribution in [0, 0.1) is 0 Å². The quantitative estimate of drug-likeness (QED) is 0.172. The van der Waals surface area contributed by atoms with E-state index in [0.29, 0.717) is 0 Å². The fourth-order valence-electron chi connectivity index (χ4n) is 2.92. The minimum absolute atomic E-state index is 0.115. The molecule has 1 heterocycles. The van der Waals surface area contributed by atoms with Crippen LogP contribution in [-0.2, 0) is 0 Å². The summed E-state index contributed by atoms with van der Waals surface area (Å²) in [5, 5.41) is 0. The first-order valence-electron chi connectivity index (χ1n) is 9.68. The van der Waals surface area contributed by atoms with Crippen molar-refractivity contribution in [2.24, 2.45) is 0 Å². The molecule has 2 rings (SSSR count). The van der Waals surface area contributed by atoms with Gasteiger partial charge in [-0.25, -0.2) is 0 Å². The van der Waals surface area contributed by atoms with Gasteiger partial charge in [0.25, 0.3) is 0 Å². The molecule has 0 spiro atoms. The van der Waals surface area contributed by atoms with E-state index in [1.165, 1.54) is 75.5 Å². The topological polar surface area (TPSA) is 0 Å². The second-order valence-corrected chi connectivity index (χ2v) is 11.6. The predicted octanol–water partition coefficient (Wildman–Crippen LogP) is 7.42. The molecule has 132 valence electrons. The van der Waals surface area contributed by atoms with Crippen LogP contribution in [0.2, 0.25) is 0 Å². The van der Waals surface area contributed by atoms with Gasteiger partial charge in [0.05, 0.1) is 0 Å². The average Bonchev–Trinajstić information content (AvgIpc) is 3.09. The van der Waals surface area contributed by atoms with E-state index in [4.69, 9.17) is 0 Å². The Morgan fingerprint density at radius 2 is 1.33 bits per heavy atom. The van der Waals surface area contributed by atoms with Gasteiger partial charge in [0.15, 0.2) is 0 Å². The monoisotopic (exact) mass is 458 g/mol. The summed E-state index contributed by atoms with van der Waals surface area (Å²) in [6.45, 7) is 2.29. The van der Waals surface area contributed by atoms with Crippen molar-refractivity contribution >= 4 is 32.2 Å². The van der Waals surface area contributed by atoms with E-state index >= 15 is 0 Å². The van der Waals surface area contributed by atoms with Crippen molar-refractivity contribution in [2.75, 3.05) is 5.75 Å². The molecule has 0 saturated carbocycles. The second kappa shape index (κ2) is 13.1. The SMILES string of the molecule is CCCCCCCCCCCCSc1ccc(-c2ccccc2)[te]1. The normalized spacial score (nSPS) is 11.0. The van der Waals surface area contributed by atoms with Crippen LogP contribution in [0.5, 0.6) is 0 Å². The first-order valence-corrected chi connectivity index (χ1v) is 13.0. The van der Waals surface area contributed by atoms with Gasteiger partial charge in [0.2, 0.25) is 0 Å². The van der Waals surface area contributed by atoms with Gasteiger partial charge in [0, 0.05) is 0 Å². The van der Waals surface area contributed by atoms with Gasteiger partial charge in [-0.05, 0) is 0 Å². The van der Waals surface area contributed by atoms with Crippen molar-refractivity contribution in [3.63, 3.8) is 0 Å². The van der Waals surface area contributed by atoms with E-state index in [1.807, 2.05) is 0 Å². The second-order valence-electron chi connectivity index (χ2n) is 6.52. The fraction of sp³-hybridized carbons (Fsp3) is 0.545. The van der Waals surface area contributed by atoms with Crippen molar-refractivity contribution in [3.05, 3.63) is 42.5 Å². The van der Waals surface area contributed by atoms with E-state index in [1.54, 1.807) is 6.49 Å². The first kappa shape index (κ1) is 20.2. The van der Waals surface area contributed by atoms with Crippen LogP contribution in [0.25, 0.3) is 9.14 Å². The third kappa shape index (κ3) is 8.28. The Hall–Kier alpha value is -0.160. The molecule has 24 heavy (non-hydrogen) atoms.